The average Bonchev–Trinajstić information content (AvgIpc) is 2.96. The summed E-state index contributed by atoms with van der Waals surface area (Å²) >= 11 is 0. The molecule has 0 aliphatic heterocycles. The number of ketones is 5. The number of aliphatic hydroxyl groups excluding tert-OH is 2. The SMILES string of the molecule is CC(=O)C1=C(O)C(C(C)C)[C@@]2(C)C[C@@]3(C)Cc4c(C(C)C)cc(CC(=O)Cc5ccc(F)c(C(C)=O)c5)c(O)c4C(=O)C3=C(O)[C@@]2(O)C1=O. The van der Waals surface area contributed by atoms with Crippen molar-refractivity contribution in [1.29, 1.82) is 0 Å². The molecule has 0 fully saturated rings. The minimum Gasteiger partial charge on any atom is -0.511 e. The van der Waals surface area contributed by atoms with Crippen molar-refractivity contribution in [1.82, 2.24) is 0 Å². The van der Waals surface area contributed by atoms with Gasteiger partial charge in [-0.15, -0.1) is 0 Å². The number of fused-ring (bicyclic) bond motifs is 3. The number of phenolic OH excluding ortho intramolecular Hbond substituents is 1. The topological polar surface area (TPSA) is 166 Å². The maximum absolute atomic E-state index is 14.6. The molecule has 5 rings (SSSR count). The van der Waals surface area contributed by atoms with Gasteiger partial charge in [-0.05, 0) is 67.3 Å². The molecule has 0 radical (unpaired) electrons. The maximum Gasteiger partial charge on any atom is 0.209 e. The lowest BCUT2D eigenvalue weighted by molar-refractivity contribution is -0.171. The fourth-order valence-electron chi connectivity index (χ4n) is 8.99. The molecule has 9 nitrogen and oxygen atoms in total. The molecular weight excluding hydrogens is 631 g/mol. The number of carbonyl (C=O) groups excluding carboxylic acids is 5. The van der Waals surface area contributed by atoms with E-state index in [4.69, 9.17) is 0 Å². The fraction of sp³-hybridized carbons (Fsp3) is 0.462. The summed E-state index contributed by atoms with van der Waals surface area (Å²) in [5.74, 6) is -7.68. The number of rotatable bonds is 8. The van der Waals surface area contributed by atoms with Crippen LogP contribution in [0, 0.1) is 28.5 Å². The zero-order valence-electron chi connectivity index (χ0n) is 29.1. The van der Waals surface area contributed by atoms with Crippen LogP contribution in [0.3, 0.4) is 0 Å². The van der Waals surface area contributed by atoms with Gasteiger partial charge >= 0.3 is 0 Å². The summed E-state index contributed by atoms with van der Waals surface area (Å²) in [6.45, 7) is 13.0. The van der Waals surface area contributed by atoms with Crippen LogP contribution in [0.4, 0.5) is 4.39 Å². The number of carbonyl (C=O) groups is 5. The molecule has 0 spiro atoms. The molecule has 0 saturated carbocycles. The van der Waals surface area contributed by atoms with Crippen molar-refractivity contribution < 1.29 is 48.8 Å². The summed E-state index contributed by atoms with van der Waals surface area (Å²) in [5.41, 5.74) is -4.85. The van der Waals surface area contributed by atoms with Gasteiger partial charge in [0.1, 0.15) is 34.4 Å². The summed E-state index contributed by atoms with van der Waals surface area (Å²) < 4.78 is 14.1. The van der Waals surface area contributed by atoms with Crippen LogP contribution in [0.2, 0.25) is 0 Å². The zero-order valence-corrected chi connectivity index (χ0v) is 29.1. The van der Waals surface area contributed by atoms with E-state index in [1.165, 1.54) is 19.1 Å². The Morgan fingerprint density at radius 3 is 2.14 bits per heavy atom. The van der Waals surface area contributed by atoms with E-state index in [0.29, 0.717) is 16.7 Å². The molecule has 2 aromatic rings. The van der Waals surface area contributed by atoms with E-state index in [1.54, 1.807) is 33.8 Å². The van der Waals surface area contributed by atoms with Gasteiger partial charge < -0.3 is 20.4 Å². The largest absolute Gasteiger partial charge is 0.511 e. The van der Waals surface area contributed by atoms with Crippen LogP contribution in [0.15, 0.2) is 46.9 Å². The van der Waals surface area contributed by atoms with Crippen molar-refractivity contribution in [2.24, 2.45) is 22.7 Å². The number of halogens is 1. The molecule has 4 atom stereocenters. The van der Waals surface area contributed by atoms with Crippen molar-refractivity contribution in [3.63, 3.8) is 0 Å². The Labute approximate surface area is 284 Å². The molecule has 0 saturated heterocycles. The molecule has 0 amide bonds. The standard InChI is InChI=1S/C39H43FO9/c1-17(2)24-14-22(13-23(43)11-21-9-10-27(40)25(12-21)19(5)41)32(44)29-26(24)15-37(7)16-38(8)30(18(3)4)33(45)28(20(6)42)35(47)39(38,49)36(48)31(37)34(29)46/h9-10,12,14,17-18,30,44-45,48-49H,11,13,15-16H2,1-8H3/t30?,37-,38-,39+/m1/s1. The second-order valence-corrected chi connectivity index (χ2v) is 15.2. The van der Waals surface area contributed by atoms with Gasteiger partial charge in [-0.2, -0.15) is 0 Å². The highest BCUT2D eigenvalue weighted by Crippen LogP contribution is 2.65. The van der Waals surface area contributed by atoms with Gasteiger partial charge in [0.2, 0.25) is 5.78 Å². The number of phenols is 1. The first-order valence-corrected chi connectivity index (χ1v) is 16.5. The van der Waals surface area contributed by atoms with Gasteiger partial charge in [0.25, 0.3) is 0 Å². The number of benzene rings is 2. The van der Waals surface area contributed by atoms with Gasteiger partial charge in [0, 0.05) is 40.7 Å². The number of hydrogen-bond acceptors (Lipinski definition) is 9. The van der Waals surface area contributed by atoms with E-state index in [-0.39, 0.29) is 65.6 Å². The third-order valence-electron chi connectivity index (χ3n) is 10.9. The Balaban J connectivity index is 1.66. The lowest BCUT2D eigenvalue weighted by Gasteiger charge is -2.59. The molecule has 2 aromatic carbocycles. The summed E-state index contributed by atoms with van der Waals surface area (Å²) in [6, 6.07) is 5.51. The van der Waals surface area contributed by atoms with E-state index in [0.717, 1.165) is 13.0 Å². The number of Topliss-reactive ketones (excluding diaryl/α,β-unsaturated/α-hetero) is 5. The molecule has 10 heteroatoms. The van der Waals surface area contributed by atoms with E-state index in [9.17, 15) is 48.8 Å². The molecule has 0 heterocycles. The Hall–Kier alpha value is -4.44. The first-order valence-electron chi connectivity index (χ1n) is 16.5. The summed E-state index contributed by atoms with van der Waals surface area (Å²) in [7, 11) is 0. The van der Waals surface area contributed by atoms with Gasteiger partial charge in [-0.25, -0.2) is 4.39 Å². The summed E-state index contributed by atoms with van der Waals surface area (Å²) in [5, 5.41) is 47.2. The average molecular weight is 675 g/mol. The van der Waals surface area contributed by atoms with E-state index < -0.39 is 74.1 Å². The van der Waals surface area contributed by atoms with Crippen molar-refractivity contribution >= 4 is 28.9 Å². The number of hydrogen-bond donors (Lipinski definition) is 4. The van der Waals surface area contributed by atoms with Gasteiger partial charge in [-0.3, -0.25) is 24.0 Å². The highest BCUT2D eigenvalue weighted by atomic mass is 19.1. The van der Waals surface area contributed by atoms with Crippen molar-refractivity contribution in [3.05, 3.63) is 86.1 Å². The number of allylic oxidation sites excluding steroid dienone is 2. The minimum absolute atomic E-state index is 0.0244. The molecule has 260 valence electrons. The molecule has 49 heavy (non-hydrogen) atoms. The quantitative estimate of drug-likeness (QED) is 0.189. The Kier molecular flexibility index (Phi) is 8.68. The smallest absolute Gasteiger partial charge is 0.209 e. The minimum atomic E-state index is -2.73. The molecule has 3 aliphatic carbocycles. The van der Waals surface area contributed by atoms with Crippen LogP contribution in [-0.2, 0) is 33.6 Å². The van der Waals surface area contributed by atoms with Crippen LogP contribution in [0.1, 0.15) is 111 Å². The molecular formula is C39H43FO9. The lowest BCUT2D eigenvalue weighted by Crippen LogP contribution is -2.67. The van der Waals surface area contributed by atoms with Crippen molar-refractivity contribution in [2.75, 3.05) is 0 Å². The van der Waals surface area contributed by atoms with Crippen LogP contribution in [0.25, 0.3) is 0 Å². The van der Waals surface area contributed by atoms with Gasteiger partial charge in [0.05, 0.1) is 11.1 Å². The normalized spacial score (nSPS) is 26.6. The van der Waals surface area contributed by atoms with Crippen LogP contribution in [-0.4, -0.2) is 54.9 Å². The van der Waals surface area contributed by atoms with Crippen LogP contribution >= 0.6 is 0 Å². The third-order valence-corrected chi connectivity index (χ3v) is 10.9. The first-order chi connectivity index (χ1) is 22.6. The highest BCUT2D eigenvalue weighted by Gasteiger charge is 2.71. The molecule has 4 N–H and O–H groups in total. The van der Waals surface area contributed by atoms with Crippen molar-refractivity contribution in [2.45, 2.75) is 92.6 Å². The number of aliphatic hydroxyl groups is 3. The van der Waals surface area contributed by atoms with Gasteiger partial charge in [-0.1, -0.05) is 53.7 Å². The summed E-state index contributed by atoms with van der Waals surface area (Å²) in [4.78, 5) is 66.2. The molecule has 3 aliphatic rings. The second-order valence-electron chi connectivity index (χ2n) is 15.2. The fourth-order valence-corrected chi connectivity index (χ4v) is 8.99. The van der Waals surface area contributed by atoms with E-state index in [2.05, 4.69) is 0 Å². The van der Waals surface area contributed by atoms with Crippen molar-refractivity contribution in [3.8, 4) is 5.75 Å². The monoisotopic (exact) mass is 674 g/mol. The Morgan fingerprint density at radius 1 is 0.959 bits per heavy atom. The Bertz CT molecular complexity index is 1930. The Morgan fingerprint density at radius 2 is 1.59 bits per heavy atom. The van der Waals surface area contributed by atoms with E-state index >= 15 is 0 Å². The van der Waals surface area contributed by atoms with Crippen LogP contribution < -0.4 is 0 Å². The predicted octanol–water partition coefficient (Wildman–Crippen LogP) is 6.17. The third kappa shape index (κ3) is 5.18. The maximum atomic E-state index is 14.6. The van der Waals surface area contributed by atoms with Gasteiger partial charge in [0.15, 0.2) is 23.0 Å². The summed E-state index contributed by atoms with van der Waals surface area (Å²) in [6.07, 6.45) is -0.371. The zero-order chi connectivity index (χ0) is 36.7. The molecule has 0 aromatic heterocycles. The first kappa shape index (κ1) is 35.9. The molecule has 0 bridgehead atoms. The second kappa shape index (κ2) is 11.9. The molecule has 1 unspecified atom stereocenters. The highest BCUT2D eigenvalue weighted by molar-refractivity contribution is 6.25. The lowest BCUT2D eigenvalue weighted by atomic mass is 9.44. The number of aromatic hydroxyl groups is 1. The van der Waals surface area contributed by atoms with E-state index in [1.807, 2.05) is 13.8 Å². The predicted molar refractivity (Wildman–Crippen MR) is 178 cm³/mol. The van der Waals surface area contributed by atoms with Crippen LogP contribution in [0.5, 0.6) is 5.75 Å².